The van der Waals surface area contributed by atoms with Crippen LogP contribution in [0.3, 0.4) is 0 Å². The van der Waals surface area contributed by atoms with E-state index in [9.17, 15) is 13.6 Å². The van der Waals surface area contributed by atoms with Crippen LogP contribution in [0.5, 0.6) is 0 Å². The Morgan fingerprint density at radius 3 is 2.62 bits per heavy atom. The second kappa shape index (κ2) is 5.07. The lowest BCUT2D eigenvalue weighted by atomic mass is 10.0. The molecule has 0 fully saturated rings. The first-order chi connectivity index (χ1) is 9.97. The summed E-state index contributed by atoms with van der Waals surface area (Å²) < 4.78 is 32.2. The first-order valence-corrected chi connectivity index (χ1v) is 6.95. The summed E-state index contributed by atoms with van der Waals surface area (Å²) in [5, 5.41) is 0.555. The maximum atomic E-state index is 13.3. The molecule has 0 N–H and O–H groups in total. The maximum absolute atomic E-state index is 13.3. The van der Waals surface area contributed by atoms with E-state index in [1.54, 1.807) is 6.92 Å². The molecule has 0 unspecified atom stereocenters. The number of furan rings is 1. The van der Waals surface area contributed by atoms with E-state index in [4.69, 9.17) is 4.42 Å². The van der Waals surface area contributed by atoms with Crippen molar-refractivity contribution in [2.24, 2.45) is 0 Å². The number of benzene rings is 2. The Balaban J connectivity index is 2.13. The summed E-state index contributed by atoms with van der Waals surface area (Å²) in [6.45, 7) is 1.69. The molecule has 5 heteroatoms. The van der Waals surface area contributed by atoms with Gasteiger partial charge >= 0.3 is 0 Å². The summed E-state index contributed by atoms with van der Waals surface area (Å²) in [7, 11) is 0. The zero-order chi connectivity index (χ0) is 15.1. The van der Waals surface area contributed by atoms with Crippen molar-refractivity contribution in [3.05, 3.63) is 69.4 Å². The highest BCUT2D eigenvalue weighted by Crippen LogP contribution is 2.28. The van der Waals surface area contributed by atoms with Crippen molar-refractivity contribution >= 4 is 32.7 Å². The SMILES string of the molecule is Cc1c(C(=O)c2ccc(F)c(Br)c2)oc2ccc(F)cc12. The number of carbonyl (C=O) groups excluding carboxylic acids is 1. The minimum atomic E-state index is -0.449. The van der Waals surface area contributed by atoms with Gasteiger partial charge in [-0.2, -0.15) is 0 Å². The van der Waals surface area contributed by atoms with Crippen LogP contribution < -0.4 is 0 Å². The molecule has 0 spiro atoms. The number of rotatable bonds is 2. The third-order valence-corrected chi connectivity index (χ3v) is 3.89. The lowest BCUT2D eigenvalue weighted by molar-refractivity contribution is 0.101. The minimum Gasteiger partial charge on any atom is -0.452 e. The highest BCUT2D eigenvalue weighted by molar-refractivity contribution is 9.10. The molecule has 1 heterocycles. The summed E-state index contributed by atoms with van der Waals surface area (Å²) >= 11 is 3.04. The van der Waals surface area contributed by atoms with Crippen molar-refractivity contribution in [1.29, 1.82) is 0 Å². The molecule has 1 aromatic heterocycles. The van der Waals surface area contributed by atoms with E-state index in [2.05, 4.69) is 15.9 Å². The van der Waals surface area contributed by atoms with Crippen molar-refractivity contribution in [3.63, 3.8) is 0 Å². The highest BCUT2D eigenvalue weighted by atomic mass is 79.9. The van der Waals surface area contributed by atoms with Gasteiger partial charge in [0.25, 0.3) is 0 Å². The average Bonchev–Trinajstić information content (AvgIpc) is 2.78. The van der Waals surface area contributed by atoms with Crippen LogP contribution >= 0.6 is 15.9 Å². The first kappa shape index (κ1) is 13.9. The van der Waals surface area contributed by atoms with Crippen LogP contribution in [-0.4, -0.2) is 5.78 Å². The van der Waals surface area contributed by atoms with Crippen LogP contribution in [0.25, 0.3) is 11.0 Å². The van der Waals surface area contributed by atoms with E-state index < -0.39 is 11.6 Å². The molecule has 106 valence electrons. The molecule has 0 saturated carbocycles. The van der Waals surface area contributed by atoms with E-state index in [1.165, 1.54) is 36.4 Å². The fourth-order valence-electron chi connectivity index (χ4n) is 2.18. The van der Waals surface area contributed by atoms with Crippen LogP contribution in [0.1, 0.15) is 21.7 Å². The molecule has 3 rings (SSSR count). The number of fused-ring (bicyclic) bond motifs is 1. The van der Waals surface area contributed by atoms with E-state index in [1.807, 2.05) is 0 Å². The van der Waals surface area contributed by atoms with Crippen molar-refractivity contribution < 1.29 is 18.0 Å². The van der Waals surface area contributed by atoms with Gasteiger partial charge in [-0.25, -0.2) is 8.78 Å². The standard InChI is InChI=1S/C16H9BrF2O2/c1-8-11-7-10(18)3-5-14(11)21-16(8)15(20)9-2-4-13(19)12(17)6-9/h2-7H,1H3. The van der Waals surface area contributed by atoms with Gasteiger partial charge in [-0.3, -0.25) is 4.79 Å². The largest absolute Gasteiger partial charge is 0.452 e. The van der Waals surface area contributed by atoms with Gasteiger partial charge in [-0.1, -0.05) is 0 Å². The van der Waals surface area contributed by atoms with Crippen molar-refractivity contribution in [2.75, 3.05) is 0 Å². The molecule has 2 aromatic carbocycles. The Bertz CT molecular complexity index is 868. The molecule has 0 saturated heterocycles. The molecule has 2 nitrogen and oxygen atoms in total. The summed E-state index contributed by atoms with van der Waals surface area (Å²) in [4.78, 5) is 12.5. The van der Waals surface area contributed by atoms with Gasteiger partial charge < -0.3 is 4.42 Å². The van der Waals surface area contributed by atoms with Gasteiger partial charge in [0, 0.05) is 16.5 Å². The Morgan fingerprint density at radius 1 is 1.14 bits per heavy atom. The number of halogens is 3. The maximum Gasteiger partial charge on any atom is 0.228 e. The monoisotopic (exact) mass is 350 g/mol. The topological polar surface area (TPSA) is 30.2 Å². The predicted octanol–water partition coefficient (Wildman–Crippen LogP) is 5.01. The zero-order valence-corrected chi connectivity index (χ0v) is 12.5. The van der Waals surface area contributed by atoms with E-state index in [-0.39, 0.29) is 16.0 Å². The van der Waals surface area contributed by atoms with E-state index in [0.717, 1.165) is 0 Å². The summed E-state index contributed by atoms with van der Waals surface area (Å²) in [5.41, 5.74) is 1.30. The minimum absolute atomic E-state index is 0.133. The highest BCUT2D eigenvalue weighted by Gasteiger charge is 2.20. The molecule has 0 bridgehead atoms. The van der Waals surface area contributed by atoms with E-state index >= 15 is 0 Å². The molecular weight excluding hydrogens is 342 g/mol. The van der Waals surface area contributed by atoms with Crippen molar-refractivity contribution in [2.45, 2.75) is 6.92 Å². The first-order valence-electron chi connectivity index (χ1n) is 6.16. The Hall–Kier alpha value is -2.01. The second-order valence-electron chi connectivity index (χ2n) is 4.65. The Kier molecular flexibility index (Phi) is 3.37. The Labute approximate surface area is 127 Å². The molecule has 0 atom stereocenters. The smallest absolute Gasteiger partial charge is 0.228 e. The van der Waals surface area contributed by atoms with Crippen LogP contribution in [0.2, 0.25) is 0 Å². The van der Waals surface area contributed by atoms with Gasteiger partial charge in [0.15, 0.2) is 5.76 Å². The average molecular weight is 351 g/mol. The lowest BCUT2D eigenvalue weighted by Gasteiger charge is -2.01. The van der Waals surface area contributed by atoms with Gasteiger partial charge in [0.05, 0.1) is 4.47 Å². The van der Waals surface area contributed by atoms with Gasteiger partial charge in [0.2, 0.25) is 5.78 Å². The van der Waals surface area contributed by atoms with Crippen LogP contribution in [0.15, 0.2) is 45.3 Å². The molecule has 0 radical (unpaired) electrons. The molecule has 0 aliphatic heterocycles. The zero-order valence-electron chi connectivity index (χ0n) is 10.9. The molecule has 3 aromatic rings. The van der Waals surface area contributed by atoms with E-state index in [0.29, 0.717) is 22.1 Å². The van der Waals surface area contributed by atoms with Crippen molar-refractivity contribution in [1.82, 2.24) is 0 Å². The normalized spacial score (nSPS) is 11.0. The summed E-state index contributed by atoms with van der Waals surface area (Å²) in [6, 6.07) is 8.06. The van der Waals surface area contributed by atoms with Gasteiger partial charge in [0.1, 0.15) is 17.2 Å². The molecule has 21 heavy (non-hydrogen) atoms. The number of carbonyl (C=O) groups is 1. The quantitative estimate of drug-likeness (QED) is 0.608. The summed E-state index contributed by atoms with van der Waals surface area (Å²) in [5.74, 6) is -1.08. The predicted molar refractivity (Wildman–Crippen MR) is 78.4 cm³/mol. The molecular formula is C16H9BrF2O2. The number of ketones is 1. The van der Waals surface area contributed by atoms with Gasteiger partial charge in [-0.15, -0.1) is 0 Å². The molecule has 0 amide bonds. The third kappa shape index (κ3) is 2.38. The fraction of sp³-hybridized carbons (Fsp3) is 0.0625. The fourth-order valence-corrected chi connectivity index (χ4v) is 2.56. The lowest BCUT2D eigenvalue weighted by Crippen LogP contribution is -2.02. The number of hydrogen-bond donors (Lipinski definition) is 0. The van der Waals surface area contributed by atoms with Gasteiger partial charge in [-0.05, 0) is 59.3 Å². The Morgan fingerprint density at radius 2 is 1.90 bits per heavy atom. The summed E-state index contributed by atoms with van der Waals surface area (Å²) in [6.07, 6.45) is 0. The number of hydrogen-bond acceptors (Lipinski definition) is 2. The third-order valence-electron chi connectivity index (χ3n) is 3.29. The van der Waals surface area contributed by atoms with Crippen LogP contribution in [0, 0.1) is 18.6 Å². The molecule has 0 aliphatic carbocycles. The number of aryl methyl sites for hydroxylation is 1. The van der Waals surface area contributed by atoms with Crippen molar-refractivity contribution in [3.8, 4) is 0 Å². The van der Waals surface area contributed by atoms with Crippen LogP contribution in [0.4, 0.5) is 8.78 Å². The molecule has 0 aliphatic rings. The van der Waals surface area contributed by atoms with Crippen LogP contribution in [-0.2, 0) is 0 Å². The second-order valence-corrected chi connectivity index (χ2v) is 5.51.